The summed E-state index contributed by atoms with van der Waals surface area (Å²) in [6, 6.07) is 6.93. The molecule has 0 N–H and O–H groups in total. The number of alkyl halides is 3. The van der Waals surface area contributed by atoms with Crippen molar-refractivity contribution in [3.05, 3.63) is 64.3 Å². The minimum Gasteiger partial charge on any atom is -0.441 e. The number of anilines is 1. The number of piperazine rings is 1. The van der Waals surface area contributed by atoms with Crippen molar-refractivity contribution in [3.63, 3.8) is 0 Å². The summed E-state index contributed by atoms with van der Waals surface area (Å²) in [6.45, 7) is 5.80. The van der Waals surface area contributed by atoms with E-state index in [1.807, 2.05) is 32.0 Å². The van der Waals surface area contributed by atoms with Gasteiger partial charge >= 0.3 is 6.18 Å². The Bertz CT molecular complexity index is 1190. The molecule has 0 radical (unpaired) electrons. The van der Waals surface area contributed by atoms with Crippen LogP contribution in [0.1, 0.15) is 29.0 Å². The maximum Gasteiger partial charge on any atom is 0.417 e. The molecule has 1 saturated heterocycles. The number of aryl methyl sites for hydroxylation is 3. The molecule has 0 atom stereocenters. The van der Waals surface area contributed by atoms with Crippen LogP contribution in [0.5, 0.6) is 0 Å². The molecule has 1 aromatic carbocycles. The topological polar surface area (TPSA) is 62.5 Å². The zero-order valence-corrected chi connectivity index (χ0v) is 19.6. The lowest BCUT2D eigenvalue weighted by atomic mass is 10.1. The second-order valence-electron chi connectivity index (χ2n) is 8.31. The Morgan fingerprint density at radius 3 is 2.44 bits per heavy atom. The van der Waals surface area contributed by atoms with Crippen LogP contribution in [0.2, 0.25) is 5.02 Å². The number of halogens is 4. The molecule has 0 unspecified atom stereocenters. The molecule has 1 amide bonds. The fraction of sp³-hybridized carbons (Fsp3) is 0.375. The van der Waals surface area contributed by atoms with Gasteiger partial charge in [-0.2, -0.15) is 13.2 Å². The molecule has 0 bridgehead atoms. The van der Waals surface area contributed by atoms with Gasteiger partial charge in [0.25, 0.3) is 0 Å². The largest absolute Gasteiger partial charge is 0.441 e. The first-order valence-electron chi connectivity index (χ1n) is 10.9. The van der Waals surface area contributed by atoms with Gasteiger partial charge in [-0.1, -0.05) is 23.7 Å². The number of aromatic nitrogens is 2. The zero-order valence-electron chi connectivity index (χ0n) is 18.8. The molecule has 10 heteroatoms. The summed E-state index contributed by atoms with van der Waals surface area (Å²) in [6.07, 6.45) is -1.41. The smallest absolute Gasteiger partial charge is 0.417 e. The highest BCUT2D eigenvalue weighted by Gasteiger charge is 2.32. The Labute approximate surface area is 200 Å². The molecule has 2 aromatic heterocycles. The normalized spacial score (nSPS) is 14.5. The first-order chi connectivity index (χ1) is 16.1. The number of rotatable bonds is 5. The van der Waals surface area contributed by atoms with Crippen molar-refractivity contribution in [2.24, 2.45) is 0 Å². The number of carbonyl (C=O) groups excluding carboxylic acids is 1. The van der Waals surface area contributed by atoms with Gasteiger partial charge in [0.05, 0.1) is 16.8 Å². The van der Waals surface area contributed by atoms with Crippen LogP contribution >= 0.6 is 11.6 Å². The molecule has 1 aliphatic heterocycles. The number of amides is 1. The number of hydrogen-bond acceptors (Lipinski definition) is 5. The maximum atomic E-state index is 12.8. The lowest BCUT2D eigenvalue weighted by molar-refractivity contribution is -0.137. The van der Waals surface area contributed by atoms with E-state index in [1.54, 1.807) is 16.0 Å². The second-order valence-corrected chi connectivity index (χ2v) is 8.72. The van der Waals surface area contributed by atoms with Crippen LogP contribution in [0.25, 0.3) is 11.3 Å². The van der Waals surface area contributed by atoms with E-state index in [0.29, 0.717) is 50.1 Å². The molecule has 3 heterocycles. The molecular weight excluding hydrogens is 469 g/mol. The highest BCUT2D eigenvalue weighted by atomic mass is 35.5. The average molecular weight is 493 g/mol. The Kier molecular flexibility index (Phi) is 6.84. The summed E-state index contributed by atoms with van der Waals surface area (Å²) in [5, 5.41) is -0.0573. The van der Waals surface area contributed by atoms with Crippen molar-refractivity contribution < 1.29 is 22.4 Å². The number of benzene rings is 1. The Morgan fingerprint density at radius 1 is 1.06 bits per heavy atom. The number of hydrogen-bond donors (Lipinski definition) is 0. The summed E-state index contributed by atoms with van der Waals surface area (Å²) >= 11 is 6.05. The second kappa shape index (κ2) is 9.66. The molecule has 1 fully saturated rings. The lowest BCUT2D eigenvalue weighted by Crippen LogP contribution is -2.49. The van der Waals surface area contributed by atoms with Crippen molar-refractivity contribution >= 4 is 23.3 Å². The first kappa shape index (κ1) is 24.1. The van der Waals surface area contributed by atoms with E-state index in [2.05, 4.69) is 9.97 Å². The number of oxazole rings is 1. The highest BCUT2D eigenvalue weighted by molar-refractivity contribution is 6.33. The molecule has 0 saturated carbocycles. The quantitative estimate of drug-likeness (QED) is 0.483. The number of carbonyl (C=O) groups is 1. The third-order valence-electron chi connectivity index (χ3n) is 5.98. The Hall–Kier alpha value is -3.07. The molecule has 6 nitrogen and oxygen atoms in total. The van der Waals surface area contributed by atoms with E-state index in [9.17, 15) is 18.0 Å². The number of pyridine rings is 1. The van der Waals surface area contributed by atoms with Gasteiger partial charge in [0.1, 0.15) is 5.82 Å². The van der Waals surface area contributed by atoms with E-state index < -0.39 is 11.7 Å². The van der Waals surface area contributed by atoms with Crippen LogP contribution in [-0.4, -0.2) is 47.0 Å². The van der Waals surface area contributed by atoms with E-state index in [-0.39, 0.29) is 17.4 Å². The van der Waals surface area contributed by atoms with Gasteiger partial charge in [-0.3, -0.25) is 4.79 Å². The molecule has 4 rings (SSSR count). The van der Waals surface area contributed by atoms with Crippen LogP contribution in [0, 0.1) is 13.8 Å². The molecule has 1 aliphatic rings. The third-order valence-corrected chi connectivity index (χ3v) is 6.26. The summed E-state index contributed by atoms with van der Waals surface area (Å²) < 4.78 is 44.3. The predicted octanol–water partition coefficient (Wildman–Crippen LogP) is 5.31. The van der Waals surface area contributed by atoms with Crippen molar-refractivity contribution in [3.8, 4) is 11.3 Å². The standard InChI is InChI=1S/C24H24ClF3N4O2/c1-15-3-4-17(11-16(15)2)20-14-29-21(34-20)5-6-22(33)31-7-9-32(10-8-31)23-19(25)12-18(13-30-23)24(26,27)28/h3-4,11-14H,5-10H2,1-2H3. The fourth-order valence-electron chi connectivity index (χ4n) is 3.81. The minimum atomic E-state index is -4.50. The molecule has 0 spiro atoms. The van der Waals surface area contributed by atoms with Crippen LogP contribution in [0.15, 0.2) is 41.1 Å². The van der Waals surface area contributed by atoms with Crippen LogP contribution in [-0.2, 0) is 17.4 Å². The molecule has 3 aromatic rings. The Balaban J connectivity index is 1.30. The van der Waals surface area contributed by atoms with Crippen molar-refractivity contribution in [2.45, 2.75) is 32.9 Å². The van der Waals surface area contributed by atoms with Crippen LogP contribution in [0.4, 0.5) is 19.0 Å². The summed E-state index contributed by atoms with van der Waals surface area (Å²) in [4.78, 5) is 24.4. The minimum absolute atomic E-state index is 0.0305. The monoisotopic (exact) mass is 492 g/mol. The summed E-state index contributed by atoms with van der Waals surface area (Å²) in [7, 11) is 0. The molecule has 180 valence electrons. The van der Waals surface area contributed by atoms with Crippen molar-refractivity contribution in [2.75, 3.05) is 31.1 Å². The van der Waals surface area contributed by atoms with Gasteiger partial charge in [0, 0.05) is 50.8 Å². The van der Waals surface area contributed by atoms with E-state index in [0.717, 1.165) is 23.4 Å². The van der Waals surface area contributed by atoms with Crippen LogP contribution in [0.3, 0.4) is 0 Å². The van der Waals surface area contributed by atoms with Crippen molar-refractivity contribution in [1.82, 2.24) is 14.9 Å². The predicted molar refractivity (Wildman–Crippen MR) is 123 cm³/mol. The van der Waals surface area contributed by atoms with E-state index in [4.69, 9.17) is 16.0 Å². The zero-order chi connectivity index (χ0) is 24.5. The van der Waals surface area contributed by atoms with Gasteiger partial charge in [-0.25, -0.2) is 9.97 Å². The molecular formula is C24H24ClF3N4O2. The lowest BCUT2D eigenvalue weighted by Gasteiger charge is -2.35. The summed E-state index contributed by atoms with van der Waals surface area (Å²) in [5.41, 5.74) is 2.42. The SMILES string of the molecule is Cc1ccc(-c2cnc(CCC(=O)N3CCN(c4ncc(C(F)(F)F)cc4Cl)CC3)o2)cc1C. The van der Waals surface area contributed by atoms with Gasteiger partial charge in [0.15, 0.2) is 11.7 Å². The highest BCUT2D eigenvalue weighted by Crippen LogP contribution is 2.33. The first-order valence-corrected chi connectivity index (χ1v) is 11.3. The van der Waals surface area contributed by atoms with E-state index >= 15 is 0 Å². The third kappa shape index (κ3) is 5.35. The molecule has 0 aliphatic carbocycles. The van der Waals surface area contributed by atoms with Gasteiger partial charge in [-0.15, -0.1) is 0 Å². The average Bonchev–Trinajstić information content (AvgIpc) is 3.28. The van der Waals surface area contributed by atoms with Crippen molar-refractivity contribution in [1.29, 1.82) is 0 Å². The Morgan fingerprint density at radius 2 is 1.79 bits per heavy atom. The molecule has 34 heavy (non-hydrogen) atoms. The summed E-state index contributed by atoms with van der Waals surface area (Å²) in [5.74, 6) is 1.43. The van der Waals surface area contributed by atoms with Gasteiger partial charge in [-0.05, 0) is 37.1 Å². The van der Waals surface area contributed by atoms with Gasteiger partial charge in [0.2, 0.25) is 5.91 Å². The van der Waals surface area contributed by atoms with Gasteiger partial charge < -0.3 is 14.2 Å². The van der Waals surface area contributed by atoms with E-state index in [1.165, 1.54) is 5.56 Å². The maximum absolute atomic E-state index is 12.8. The fourth-order valence-corrected chi connectivity index (χ4v) is 4.10. The number of nitrogens with zero attached hydrogens (tertiary/aromatic N) is 4. The van der Waals surface area contributed by atoms with Crippen LogP contribution < -0.4 is 4.90 Å².